The van der Waals surface area contributed by atoms with Gasteiger partial charge in [0.05, 0.1) is 5.69 Å². The molecule has 2 heterocycles. The van der Waals surface area contributed by atoms with Gasteiger partial charge in [0.2, 0.25) is 0 Å². The molecule has 4 rings (SSSR count). The van der Waals surface area contributed by atoms with Crippen LogP contribution in [0.2, 0.25) is 5.02 Å². The highest BCUT2D eigenvalue weighted by Gasteiger charge is 2.33. The Labute approximate surface area is 151 Å². The van der Waals surface area contributed by atoms with E-state index in [9.17, 15) is 4.79 Å². The van der Waals surface area contributed by atoms with Crippen LogP contribution < -0.4 is 5.56 Å². The summed E-state index contributed by atoms with van der Waals surface area (Å²) in [7, 11) is 0. The zero-order valence-electron chi connectivity index (χ0n) is 14.1. The molecule has 0 bridgehead atoms. The van der Waals surface area contributed by atoms with E-state index in [2.05, 4.69) is 28.9 Å². The molecule has 2 aromatic heterocycles. The van der Waals surface area contributed by atoms with Crippen LogP contribution in [0.5, 0.6) is 0 Å². The van der Waals surface area contributed by atoms with Crippen LogP contribution in [0.15, 0.2) is 59.5 Å². The Morgan fingerprint density at radius 3 is 2.72 bits per heavy atom. The van der Waals surface area contributed by atoms with Crippen LogP contribution in [0.4, 0.5) is 0 Å². The van der Waals surface area contributed by atoms with Crippen molar-refractivity contribution < 1.29 is 0 Å². The summed E-state index contributed by atoms with van der Waals surface area (Å²) in [4.78, 5) is 19.4. The number of hydrogen-bond acceptors (Lipinski definition) is 3. The minimum absolute atomic E-state index is 0.0320. The fourth-order valence-electron chi connectivity index (χ4n) is 3.29. The van der Waals surface area contributed by atoms with Crippen molar-refractivity contribution >= 4 is 17.2 Å². The Morgan fingerprint density at radius 1 is 1.24 bits per heavy atom. The van der Waals surface area contributed by atoms with E-state index in [4.69, 9.17) is 11.6 Å². The Morgan fingerprint density at radius 2 is 2.00 bits per heavy atom. The van der Waals surface area contributed by atoms with E-state index < -0.39 is 0 Å². The number of hydrogen-bond donors (Lipinski definition) is 0. The summed E-state index contributed by atoms with van der Waals surface area (Å²) in [5.74, 6) is 0. The van der Waals surface area contributed by atoms with Crippen LogP contribution in [0, 0.1) is 0 Å². The molecule has 4 nitrogen and oxygen atoms in total. The van der Waals surface area contributed by atoms with Gasteiger partial charge in [0, 0.05) is 35.9 Å². The summed E-state index contributed by atoms with van der Waals surface area (Å²) in [6, 6.07) is 16.1. The lowest BCUT2D eigenvalue weighted by Crippen LogP contribution is -2.30. The highest BCUT2D eigenvalue weighted by atomic mass is 35.5. The first-order chi connectivity index (χ1) is 12.1. The first-order valence-electron chi connectivity index (χ1n) is 8.60. The molecule has 1 atom stereocenters. The van der Waals surface area contributed by atoms with Crippen molar-refractivity contribution in [1.82, 2.24) is 14.3 Å². The lowest BCUT2D eigenvalue weighted by atomic mass is 10.1. The molecule has 1 unspecified atom stereocenters. The van der Waals surface area contributed by atoms with Gasteiger partial charge in [-0.25, -0.2) is 4.98 Å². The maximum absolute atomic E-state index is 12.3. The fourth-order valence-corrected chi connectivity index (χ4v) is 3.42. The molecular formula is C20H20ClN3O. The molecule has 5 heteroatoms. The Balaban J connectivity index is 1.64. The van der Waals surface area contributed by atoms with Crippen LogP contribution in [0.25, 0.3) is 5.65 Å². The summed E-state index contributed by atoms with van der Waals surface area (Å²) < 4.78 is 1.58. The molecule has 0 spiro atoms. The van der Waals surface area contributed by atoms with Crippen LogP contribution in [0.3, 0.4) is 0 Å². The average molecular weight is 354 g/mol. The number of pyridine rings is 1. The summed E-state index contributed by atoms with van der Waals surface area (Å²) in [5, 5.41) is 0.748. The van der Waals surface area contributed by atoms with Crippen molar-refractivity contribution in [2.24, 2.45) is 0 Å². The minimum atomic E-state index is -0.0320. The summed E-state index contributed by atoms with van der Waals surface area (Å²) in [6.45, 7) is 2.88. The van der Waals surface area contributed by atoms with Crippen LogP contribution in [-0.4, -0.2) is 20.3 Å². The van der Waals surface area contributed by atoms with Crippen molar-refractivity contribution in [2.75, 3.05) is 0 Å². The maximum Gasteiger partial charge on any atom is 0.258 e. The van der Waals surface area contributed by atoms with Crippen molar-refractivity contribution in [3.8, 4) is 0 Å². The van der Waals surface area contributed by atoms with Crippen molar-refractivity contribution in [3.05, 3.63) is 81.4 Å². The third-order valence-electron chi connectivity index (χ3n) is 4.83. The number of aromatic nitrogens is 2. The predicted molar refractivity (Wildman–Crippen MR) is 99.9 cm³/mol. The highest BCUT2D eigenvalue weighted by Crippen LogP contribution is 2.35. The number of nitrogens with zero attached hydrogens (tertiary/aromatic N) is 3. The van der Waals surface area contributed by atoms with Gasteiger partial charge in [-0.05, 0) is 49.6 Å². The number of benzene rings is 1. The Bertz CT molecular complexity index is 947. The molecule has 0 amide bonds. The second kappa shape index (κ2) is 6.62. The van der Waals surface area contributed by atoms with Crippen molar-refractivity contribution in [1.29, 1.82) is 0 Å². The van der Waals surface area contributed by atoms with E-state index in [0.717, 1.165) is 10.7 Å². The molecule has 1 saturated carbocycles. The van der Waals surface area contributed by atoms with Gasteiger partial charge in [-0.1, -0.05) is 29.8 Å². The second-order valence-electron chi connectivity index (χ2n) is 6.65. The molecule has 3 aromatic rings. The van der Waals surface area contributed by atoms with Gasteiger partial charge in [-0.2, -0.15) is 0 Å². The lowest BCUT2D eigenvalue weighted by Gasteiger charge is -2.29. The van der Waals surface area contributed by atoms with E-state index in [1.165, 1.54) is 18.4 Å². The Kier molecular flexibility index (Phi) is 4.32. The first kappa shape index (κ1) is 16.3. The fraction of sp³-hybridized carbons (Fsp3) is 0.300. The molecule has 0 N–H and O–H groups in total. The zero-order valence-corrected chi connectivity index (χ0v) is 14.9. The number of halogens is 1. The maximum atomic E-state index is 12.3. The standard InChI is InChI=1S/C20H20ClN3O/c1-14(15-5-7-16(21)8-6-15)24(18-9-10-18)13-17-12-20(25)23-11-3-2-4-19(23)22-17/h2-8,11-12,14,18H,9-10,13H2,1H3. The second-order valence-corrected chi connectivity index (χ2v) is 7.08. The van der Waals surface area contributed by atoms with E-state index in [0.29, 0.717) is 18.2 Å². The normalized spacial score (nSPS) is 15.6. The third kappa shape index (κ3) is 3.46. The molecular weight excluding hydrogens is 334 g/mol. The van der Waals surface area contributed by atoms with Gasteiger partial charge in [0.25, 0.3) is 5.56 Å². The molecule has 25 heavy (non-hydrogen) atoms. The van der Waals surface area contributed by atoms with Gasteiger partial charge >= 0.3 is 0 Å². The molecule has 1 aromatic carbocycles. The summed E-state index contributed by atoms with van der Waals surface area (Å²) >= 11 is 6.01. The van der Waals surface area contributed by atoms with Gasteiger partial charge in [-0.15, -0.1) is 0 Å². The Hall–Kier alpha value is -2.17. The SMILES string of the molecule is CC(c1ccc(Cl)cc1)N(Cc1cc(=O)n2ccccc2n1)C1CC1. The van der Waals surface area contributed by atoms with E-state index >= 15 is 0 Å². The van der Waals surface area contributed by atoms with Crippen LogP contribution >= 0.6 is 11.6 Å². The highest BCUT2D eigenvalue weighted by molar-refractivity contribution is 6.30. The number of fused-ring (bicyclic) bond motifs is 1. The zero-order chi connectivity index (χ0) is 17.4. The average Bonchev–Trinajstić information content (AvgIpc) is 3.45. The molecule has 0 saturated heterocycles. The van der Waals surface area contributed by atoms with Gasteiger partial charge in [0.15, 0.2) is 0 Å². The monoisotopic (exact) mass is 353 g/mol. The molecule has 1 aliphatic carbocycles. The largest absolute Gasteiger partial charge is 0.288 e. The third-order valence-corrected chi connectivity index (χ3v) is 5.09. The molecule has 1 fully saturated rings. The summed E-state index contributed by atoms with van der Waals surface area (Å²) in [5.41, 5.74) is 2.72. The topological polar surface area (TPSA) is 37.6 Å². The first-order valence-corrected chi connectivity index (χ1v) is 8.98. The predicted octanol–water partition coefficient (Wildman–Crippen LogP) is 4.07. The van der Waals surface area contributed by atoms with Crippen molar-refractivity contribution in [3.63, 3.8) is 0 Å². The van der Waals surface area contributed by atoms with Gasteiger partial charge < -0.3 is 0 Å². The summed E-state index contributed by atoms with van der Waals surface area (Å²) in [6.07, 6.45) is 4.15. The van der Waals surface area contributed by atoms with E-state index in [1.54, 1.807) is 16.7 Å². The molecule has 128 valence electrons. The lowest BCUT2D eigenvalue weighted by molar-refractivity contribution is 0.188. The quantitative estimate of drug-likeness (QED) is 0.693. The molecule has 1 aliphatic rings. The van der Waals surface area contributed by atoms with Gasteiger partial charge in [0.1, 0.15) is 5.65 Å². The van der Waals surface area contributed by atoms with Crippen molar-refractivity contribution in [2.45, 2.75) is 38.4 Å². The minimum Gasteiger partial charge on any atom is -0.288 e. The van der Waals surface area contributed by atoms with E-state index in [1.807, 2.05) is 30.3 Å². The van der Waals surface area contributed by atoms with E-state index in [-0.39, 0.29) is 11.6 Å². The van der Waals surface area contributed by atoms with Crippen LogP contribution in [-0.2, 0) is 6.54 Å². The molecule has 0 radical (unpaired) electrons. The van der Waals surface area contributed by atoms with Gasteiger partial charge in [-0.3, -0.25) is 14.1 Å². The molecule has 0 aliphatic heterocycles. The number of rotatable bonds is 5. The van der Waals surface area contributed by atoms with Crippen LogP contribution in [0.1, 0.15) is 37.1 Å². The smallest absolute Gasteiger partial charge is 0.258 e.